The minimum absolute atomic E-state index is 0.0430. The summed E-state index contributed by atoms with van der Waals surface area (Å²) in [5.74, 6) is 0.123. The van der Waals surface area contributed by atoms with E-state index in [4.69, 9.17) is 0 Å². The van der Waals surface area contributed by atoms with E-state index in [0.717, 1.165) is 40.0 Å². The molecule has 4 rings (SSSR count). The highest BCUT2D eigenvalue weighted by Gasteiger charge is 2.31. The van der Waals surface area contributed by atoms with E-state index in [9.17, 15) is 9.90 Å². The fourth-order valence-electron chi connectivity index (χ4n) is 4.06. The highest BCUT2D eigenvalue weighted by atomic mass is 16.3. The Balaban J connectivity index is 1.52. The quantitative estimate of drug-likeness (QED) is 0.740. The average molecular weight is 364 g/mol. The Hall–Kier alpha value is -2.57. The smallest absolute Gasteiger partial charge is 0.189 e. The van der Waals surface area contributed by atoms with Crippen molar-refractivity contribution < 1.29 is 5.11 Å². The number of rotatable bonds is 4. The van der Waals surface area contributed by atoms with Crippen LogP contribution < -0.4 is 5.43 Å². The molecule has 0 unspecified atom stereocenters. The van der Waals surface area contributed by atoms with Crippen molar-refractivity contribution in [3.8, 4) is 0 Å². The molecular formula is C21H24N4O2. The summed E-state index contributed by atoms with van der Waals surface area (Å²) in [6.07, 6.45) is 5.39. The summed E-state index contributed by atoms with van der Waals surface area (Å²) in [5.41, 5.74) is 4.89. The molecule has 2 atom stereocenters. The third kappa shape index (κ3) is 3.77. The van der Waals surface area contributed by atoms with Crippen molar-refractivity contribution >= 4 is 10.9 Å². The lowest BCUT2D eigenvalue weighted by Crippen LogP contribution is -2.23. The van der Waals surface area contributed by atoms with Gasteiger partial charge < -0.3 is 10.1 Å². The Kier molecular flexibility index (Phi) is 4.76. The van der Waals surface area contributed by atoms with Crippen LogP contribution in [0, 0.1) is 19.8 Å². The molecule has 2 aromatic heterocycles. The number of hydrogen-bond acceptors (Lipinski definition) is 5. The second-order valence-corrected chi connectivity index (χ2v) is 7.59. The van der Waals surface area contributed by atoms with Gasteiger partial charge in [0.05, 0.1) is 17.3 Å². The molecule has 3 aromatic rings. The second-order valence-electron chi connectivity index (χ2n) is 7.59. The number of nitrogens with one attached hydrogen (secondary N) is 1. The third-order valence-electron chi connectivity index (χ3n) is 5.30. The molecule has 6 nitrogen and oxygen atoms in total. The first-order valence-electron chi connectivity index (χ1n) is 9.28. The van der Waals surface area contributed by atoms with E-state index < -0.39 is 6.10 Å². The van der Waals surface area contributed by atoms with Gasteiger partial charge in [0, 0.05) is 61.3 Å². The standard InChI is InChI=1S/C21H24N4O2/c1-13-5-14(2)21-18(6-13)19(26)8-17(24-21)11-25-10-15(20(27)12-25)7-16-9-22-3-4-23-16/h3-6,8-9,15,20,27H,7,10-12H2,1-2H3,(H,24,26)/t15-,20-/m1/s1. The van der Waals surface area contributed by atoms with Crippen molar-refractivity contribution in [2.75, 3.05) is 13.1 Å². The molecule has 1 aliphatic heterocycles. The Morgan fingerprint density at radius 3 is 2.85 bits per heavy atom. The molecule has 1 fully saturated rings. The number of nitrogens with zero attached hydrogens (tertiary/aromatic N) is 3. The number of aromatic amines is 1. The van der Waals surface area contributed by atoms with Gasteiger partial charge >= 0.3 is 0 Å². The van der Waals surface area contributed by atoms with Gasteiger partial charge in [0.25, 0.3) is 0 Å². The van der Waals surface area contributed by atoms with Gasteiger partial charge in [-0.3, -0.25) is 19.7 Å². The number of aryl methyl sites for hydroxylation is 2. The summed E-state index contributed by atoms with van der Waals surface area (Å²) < 4.78 is 0. The summed E-state index contributed by atoms with van der Waals surface area (Å²) in [4.78, 5) is 26.6. The van der Waals surface area contributed by atoms with Crippen molar-refractivity contribution in [1.82, 2.24) is 19.9 Å². The van der Waals surface area contributed by atoms with Crippen LogP contribution in [0.3, 0.4) is 0 Å². The van der Waals surface area contributed by atoms with Crippen LogP contribution in [0.4, 0.5) is 0 Å². The molecule has 0 spiro atoms. The molecule has 0 aliphatic carbocycles. The van der Waals surface area contributed by atoms with Crippen LogP contribution in [-0.2, 0) is 13.0 Å². The largest absolute Gasteiger partial charge is 0.391 e. The number of benzene rings is 1. The number of fused-ring (bicyclic) bond motifs is 1. The van der Waals surface area contributed by atoms with E-state index in [-0.39, 0.29) is 11.3 Å². The summed E-state index contributed by atoms with van der Waals surface area (Å²) in [5, 5.41) is 11.2. The van der Waals surface area contributed by atoms with Gasteiger partial charge in [-0.2, -0.15) is 0 Å². The molecule has 27 heavy (non-hydrogen) atoms. The number of hydrogen-bond donors (Lipinski definition) is 2. The summed E-state index contributed by atoms with van der Waals surface area (Å²) in [6.45, 7) is 6.00. The van der Waals surface area contributed by atoms with Gasteiger partial charge in [0.1, 0.15) is 0 Å². The lowest BCUT2D eigenvalue weighted by Gasteiger charge is -2.16. The van der Waals surface area contributed by atoms with Crippen molar-refractivity contribution in [3.63, 3.8) is 0 Å². The van der Waals surface area contributed by atoms with Crippen molar-refractivity contribution in [2.45, 2.75) is 32.9 Å². The van der Waals surface area contributed by atoms with Gasteiger partial charge in [0.15, 0.2) is 5.43 Å². The van der Waals surface area contributed by atoms with Gasteiger partial charge in [0.2, 0.25) is 0 Å². The van der Waals surface area contributed by atoms with Gasteiger partial charge in [-0.05, 0) is 37.5 Å². The van der Waals surface area contributed by atoms with Crippen LogP contribution in [0.1, 0.15) is 22.5 Å². The Labute approximate surface area is 157 Å². The topological polar surface area (TPSA) is 82.1 Å². The van der Waals surface area contributed by atoms with Gasteiger partial charge in [-0.25, -0.2) is 0 Å². The maximum Gasteiger partial charge on any atom is 0.189 e. The molecule has 0 radical (unpaired) electrons. The molecule has 1 aliphatic rings. The maximum atomic E-state index is 12.5. The first-order valence-corrected chi connectivity index (χ1v) is 9.28. The molecule has 0 saturated carbocycles. The normalized spacial score (nSPS) is 20.4. The average Bonchev–Trinajstić information content (AvgIpc) is 2.96. The summed E-state index contributed by atoms with van der Waals surface area (Å²) in [7, 11) is 0. The van der Waals surface area contributed by atoms with Crippen LogP contribution in [0.2, 0.25) is 0 Å². The van der Waals surface area contributed by atoms with Crippen LogP contribution in [0.5, 0.6) is 0 Å². The van der Waals surface area contributed by atoms with E-state index >= 15 is 0 Å². The van der Waals surface area contributed by atoms with Gasteiger partial charge in [-0.15, -0.1) is 0 Å². The number of H-pyrrole nitrogens is 1. The summed E-state index contributed by atoms with van der Waals surface area (Å²) in [6, 6.07) is 5.70. The monoisotopic (exact) mass is 364 g/mol. The Morgan fingerprint density at radius 1 is 1.22 bits per heavy atom. The zero-order chi connectivity index (χ0) is 19.0. The predicted octanol–water partition coefficient (Wildman–Crippen LogP) is 1.97. The van der Waals surface area contributed by atoms with Crippen LogP contribution >= 0.6 is 0 Å². The van der Waals surface area contributed by atoms with E-state index in [0.29, 0.717) is 19.5 Å². The number of likely N-dealkylation sites (tertiary alicyclic amines) is 1. The van der Waals surface area contributed by atoms with Crippen molar-refractivity contribution in [2.24, 2.45) is 5.92 Å². The van der Waals surface area contributed by atoms with E-state index in [2.05, 4.69) is 25.9 Å². The molecule has 140 valence electrons. The minimum atomic E-state index is -0.399. The zero-order valence-electron chi connectivity index (χ0n) is 15.6. The number of pyridine rings is 1. The van der Waals surface area contributed by atoms with Crippen LogP contribution in [0.15, 0.2) is 41.6 Å². The molecule has 1 saturated heterocycles. The van der Waals surface area contributed by atoms with Crippen LogP contribution in [-0.4, -0.2) is 44.2 Å². The Bertz CT molecular complexity index is 1020. The SMILES string of the molecule is Cc1cc(C)c2[nH]c(CN3C[C@@H](Cc4cnccn4)[C@H](O)C3)cc(=O)c2c1. The van der Waals surface area contributed by atoms with E-state index in [1.54, 1.807) is 24.7 Å². The van der Waals surface area contributed by atoms with Crippen LogP contribution in [0.25, 0.3) is 10.9 Å². The number of β-amino-alcohol motifs (C(OH)–C–C–N with tert-alkyl or cyclic N) is 1. The van der Waals surface area contributed by atoms with Gasteiger partial charge in [-0.1, -0.05) is 6.07 Å². The molecule has 0 bridgehead atoms. The highest BCUT2D eigenvalue weighted by Crippen LogP contribution is 2.23. The fourth-order valence-corrected chi connectivity index (χ4v) is 4.06. The Morgan fingerprint density at radius 2 is 2.07 bits per heavy atom. The number of aromatic nitrogens is 3. The number of aliphatic hydroxyl groups excluding tert-OH is 1. The molecule has 2 N–H and O–H groups in total. The highest BCUT2D eigenvalue weighted by molar-refractivity contribution is 5.82. The number of aliphatic hydroxyl groups is 1. The molecular weight excluding hydrogens is 340 g/mol. The van der Waals surface area contributed by atoms with Crippen molar-refractivity contribution in [3.05, 3.63) is 69.5 Å². The molecule has 0 amide bonds. The van der Waals surface area contributed by atoms with E-state index in [1.807, 2.05) is 19.9 Å². The lowest BCUT2D eigenvalue weighted by molar-refractivity contribution is 0.140. The molecule has 6 heteroatoms. The van der Waals surface area contributed by atoms with E-state index in [1.165, 1.54) is 0 Å². The van der Waals surface area contributed by atoms with Crippen molar-refractivity contribution in [1.29, 1.82) is 0 Å². The second kappa shape index (κ2) is 7.21. The molecule has 1 aromatic carbocycles. The lowest BCUT2D eigenvalue weighted by atomic mass is 10.0. The zero-order valence-corrected chi connectivity index (χ0v) is 15.6. The summed E-state index contributed by atoms with van der Waals surface area (Å²) >= 11 is 0. The predicted molar refractivity (Wildman–Crippen MR) is 105 cm³/mol. The fraction of sp³-hybridized carbons (Fsp3) is 0.381. The maximum absolute atomic E-state index is 12.5. The first kappa shape index (κ1) is 17.8. The first-order chi connectivity index (χ1) is 13.0. The molecule has 3 heterocycles. The minimum Gasteiger partial charge on any atom is -0.391 e. The third-order valence-corrected chi connectivity index (χ3v) is 5.30.